The van der Waals surface area contributed by atoms with Gasteiger partial charge < -0.3 is 0 Å². The number of nitrogens with zero attached hydrogens (tertiary/aromatic N) is 1. The fourth-order valence-electron chi connectivity index (χ4n) is 3.52. The van der Waals surface area contributed by atoms with Gasteiger partial charge in [0.2, 0.25) is 0 Å². The Balaban J connectivity index is 2.08. The molecule has 0 fully saturated rings. The van der Waals surface area contributed by atoms with Crippen LogP contribution in [0.2, 0.25) is 5.02 Å². The summed E-state index contributed by atoms with van der Waals surface area (Å²) in [6.45, 7) is 2.40. The zero-order valence-corrected chi connectivity index (χ0v) is 15.4. The van der Waals surface area contributed by atoms with Crippen molar-refractivity contribution in [3.63, 3.8) is 0 Å². The Hall–Kier alpha value is -2.09. The molecule has 1 aliphatic heterocycles. The Bertz CT molecular complexity index is 880. The Morgan fingerprint density at radius 1 is 0.920 bits per heavy atom. The second kappa shape index (κ2) is 5.72. The maximum atomic E-state index is 17.5. The molecule has 25 heavy (non-hydrogen) atoms. The van der Waals surface area contributed by atoms with Gasteiger partial charge in [-0.05, 0) is 0 Å². The molecule has 1 aliphatic rings. The number of hydrogen-bond donors (Lipinski definition) is 0. The molecule has 0 atom stereocenters. The molecule has 3 aromatic carbocycles. The van der Waals surface area contributed by atoms with Crippen LogP contribution < -0.4 is 19.8 Å². The van der Waals surface area contributed by atoms with Crippen LogP contribution in [0.5, 0.6) is 5.75 Å². The van der Waals surface area contributed by atoms with Crippen LogP contribution in [0.15, 0.2) is 78.9 Å². The molecule has 128 valence electrons. The van der Waals surface area contributed by atoms with E-state index in [4.69, 9.17) is 16.1 Å². The summed E-state index contributed by atoms with van der Waals surface area (Å²) < 4.78 is 25.6. The molecule has 5 heteroatoms. The van der Waals surface area contributed by atoms with Crippen LogP contribution in [-0.2, 0) is 0 Å². The van der Waals surface area contributed by atoms with E-state index in [2.05, 4.69) is 0 Å². The van der Waals surface area contributed by atoms with E-state index in [1.807, 2.05) is 43.3 Å². The fourth-order valence-corrected chi connectivity index (χ4v) is 7.79. The standard InChI is InChI=1S/C20H18ClFNOP/c1-2-23-19-15-16(21)13-14-20(19)24-25(23,22,17-9-5-3-6-10-17)18-11-7-4-8-12-18/h3-15H,2H2,1H3. The average molecular weight is 374 g/mol. The minimum absolute atomic E-state index is 0.464. The molecule has 0 N–H and O–H groups in total. The van der Waals surface area contributed by atoms with Crippen molar-refractivity contribution < 1.29 is 8.72 Å². The van der Waals surface area contributed by atoms with Crippen LogP contribution in [0.3, 0.4) is 0 Å². The van der Waals surface area contributed by atoms with E-state index in [0.717, 1.165) is 0 Å². The van der Waals surface area contributed by atoms with Crippen molar-refractivity contribution in [2.24, 2.45) is 0 Å². The Morgan fingerprint density at radius 3 is 2.00 bits per heavy atom. The van der Waals surface area contributed by atoms with Gasteiger partial charge >= 0.3 is 152 Å². The van der Waals surface area contributed by atoms with Gasteiger partial charge in [-0.25, -0.2) is 0 Å². The first-order chi connectivity index (χ1) is 12.1. The summed E-state index contributed by atoms with van der Waals surface area (Å²) in [4.78, 5) is 0. The summed E-state index contributed by atoms with van der Waals surface area (Å²) in [5.74, 6) is 0.527. The van der Waals surface area contributed by atoms with Crippen molar-refractivity contribution in [2.75, 3.05) is 11.2 Å². The molecule has 0 radical (unpaired) electrons. The Kier molecular flexibility index (Phi) is 3.75. The van der Waals surface area contributed by atoms with Gasteiger partial charge in [0.15, 0.2) is 0 Å². The van der Waals surface area contributed by atoms with Crippen molar-refractivity contribution >= 4 is 35.2 Å². The van der Waals surface area contributed by atoms with E-state index in [1.54, 1.807) is 47.1 Å². The predicted molar refractivity (Wildman–Crippen MR) is 105 cm³/mol. The molecular formula is C20H18ClFNOP. The third-order valence-electron chi connectivity index (χ3n) is 4.60. The molecule has 0 aliphatic carbocycles. The van der Waals surface area contributed by atoms with E-state index in [1.165, 1.54) is 0 Å². The molecule has 1 heterocycles. The molecular weight excluding hydrogens is 356 g/mol. The van der Waals surface area contributed by atoms with Crippen LogP contribution >= 0.6 is 18.9 Å². The molecule has 2 nitrogen and oxygen atoms in total. The Labute approximate surface area is 152 Å². The van der Waals surface area contributed by atoms with E-state index in [0.29, 0.717) is 33.6 Å². The second-order valence-electron chi connectivity index (χ2n) is 5.98. The molecule has 0 saturated heterocycles. The van der Waals surface area contributed by atoms with Crippen LogP contribution in [0.1, 0.15) is 6.92 Å². The van der Waals surface area contributed by atoms with Crippen molar-refractivity contribution in [1.82, 2.24) is 0 Å². The predicted octanol–water partition coefficient (Wildman–Crippen LogP) is 5.48. The average Bonchev–Trinajstić information content (AvgIpc) is 2.93. The topological polar surface area (TPSA) is 12.5 Å². The van der Waals surface area contributed by atoms with Crippen molar-refractivity contribution in [1.29, 1.82) is 0 Å². The first-order valence-electron chi connectivity index (χ1n) is 8.20. The fraction of sp³-hybridized carbons (Fsp3) is 0.100. The summed E-state index contributed by atoms with van der Waals surface area (Å²) in [7, 11) is -4.58. The molecule has 0 aromatic heterocycles. The minimum atomic E-state index is -4.58. The van der Waals surface area contributed by atoms with Gasteiger partial charge in [0.1, 0.15) is 0 Å². The van der Waals surface area contributed by atoms with Crippen LogP contribution in [0.25, 0.3) is 0 Å². The monoisotopic (exact) mass is 373 g/mol. The van der Waals surface area contributed by atoms with Crippen LogP contribution in [0, 0.1) is 0 Å². The summed E-state index contributed by atoms with van der Waals surface area (Å²) in [6.07, 6.45) is 0. The molecule has 3 aromatic rings. The SMILES string of the molecule is CCN1c2cc(Cl)ccc2OP1(F)(c1ccccc1)c1ccccc1. The van der Waals surface area contributed by atoms with Gasteiger partial charge in [-0.3, -0.25) is 0 Å². The summed E-state index contributed by atoms with van der Waals surface area (Å²) in [5.41, 5.74) is 0.697. The third-order valence-corrected chi connectivity index (χ3v) is 9.11. The van der Waals surface area contributed by atoms with Crippen molar-refractivity contribution in [3.05, 3.63) is 83.9 Å². The number of benzene rings is 3. The molecule has 0 amide bonds. The number of halogens is 2. The quantitative estimate of drug-likeness (QED) is 0.564. The second-order valence-corrected chi connectivity index (χ2v) is 9.89. The zero-order valence-electron chi connectivity index (χ0n) is 13.8. The number of rotatable bonds is 3. The van der Waals surface area contributed by atoms with E-state index in [-0.39, 0.29) is 0 Å². The van der Waals surface area contributed by atoms with E-state index >= 15 is 4.20 Å². The summed E-state index contributed by atoms with van der Waals surface area (Å²) >= 11 is 6.19. The van der Waals surface area contributed by atoms with Crippen molar-refractivity contribution in [3.8, 4) is 5.75 Å². The van der Waals surface area contributed by atoms with Gasteiger partial charge in [-0.2, -0.15) is 0 Å². The third kappa shape index (κ3) is 2.19. The number of anilines is 1. The summed E-state index contributed by atoms with van der Waals surface area (Å²) in [5, 5.41) is 1.66. The Morgan fingerprint density at radius 2 is 1.48 bits per heavy atom. The van der Waals surface area contributed by atoms with Crippen molar-refractivity contribution in [2.45, 2.75) is 6.92 Å². The number of hydrogen-bond acceptors (Lipinski definition) is 2. The van der Waals surface area contributed by atoms with Gasteiger partial charge in [0.05, 0.1) is 0 Å². The normalized spacial score (nSPS) is 18.7. The van der Waals surface area contributed by atoms with Crippen LogP contribution in [0.4, 0.5) is 9.88 Å². The van der Waals surface area contributed by atoms with Crippen LogP contribution in [-0.4, -0.2) is 6.54 Å². The van der Waals surface area contributed by atoms with E-state index < -0.39 is 7.29 Å². The van der Waals surface area contributed by atoms with Gasteiger partial charge in [-0.15, -0.1) is 0 Å². The maximum absolute atomic E-state index is 17.5. The first kappa shape index (κ1) is 16.4. The van der Waals surface area contributed by atoms with E-state index in [9.17, 15) is 0 Å². The number of fused-ring (bicyclic) bond motifs is 1. The molecule has 0 bridgehead atoms. The summed E-state index contributed by atoms with van der Waals surface area (Å²) in [6, 6.07) is 23.6. The van der Waals surface area contributed by atoms with Gasteiger partial charge in [-0.1, -0.05) is 0 Å². The molecule has 0 unspecified atom stereocenters. The van der Waals surface area contributed by atoms with Gasteiger partial charge in [0.25, 0.3) is 0 Å². The van der Waals surface area contributed by atoms with Gasteiger partial charge in [0, 0.05) is 0 Å². The molecule has 0 spiro atoms. The molecule has 4 rings (SSSR count). The molecule has 0 saturated carbocycles. The first-order valence-corrected chi connectivity index (χ1v) is 10.6. The zero-order chi connectivity index (χ0) is 17.5.